The summed E-state index contributed by atoms with van der Waals surface area (Å²) in [5.41, 5.74) is 3.59. The number of rotatable bonds is 2. The Kier molecular flexibility index (Phi) is 3.45. The Morgan fingerprint density at radius 1 is 1.25 bits per heavy atom. The molecule has 3 heterocycles. The van der Waals surface area contributed by atoms with Gasteiger partial charge in [-0.2, -0.15) is 5.10 Å². The maximum Gasteiger partial charge on any atom is 0.254 e. The summed E-state index contributed by atoms with van der Waals surface area (Å²) in [7, 11) is 1.92. The molecular weight excluding hydrogens is 304 g/mol. The zero-order valence-electron chi connectivity index (χ0n) is 13.7. The molecule has 1 aromatic carbocycles. The number of aromatic nitrogens is 3. The molecule has 1 aliphatic rings. The van der Waals surface area contributed by atoms with Crippen LogP contribution in [0.15, 0.2) is 40.9 Å². The Labute approximate surface area is 139 Å². The maximum absolute atomic E-state index is 12.7. The van der Waals surface area contributed by atoms with Crippen molar-refractivity contribution in [3.05, 3.63) is 59.1 Å². The Morgan fingerprint density at radius 3 is 2.75 bits per heavy atom. The fourth-order valence-corrected chi connectivity index (χ4v) is 3.17. The highest BCUT2D eigenvalue weighted by atomic mass is 16.4. The molecule has 2 aromatic heterocycles. The van der Waals surface area contributed by atoms with Crippen LogP contribution in [0.1, 0.15) is 27.4 Å². The lowest BCUT2D eigenvalue weighted by molar-refractivity contribution is 0.0733. The summed E-state index contributed by atoms with van der Waals surface area (Å²) >= 11 is 0. The quantitative estimate of drug-likeness (QED) is 0.727. The van der Waals surface area contributed by atoms with Gasteiger partial charge in [-0.3, -0.25) is 9.48 Å². The maximum atomic E-state index is 12.7. The van der Waals surface area contributed by atoms with Gasteiger partial charge in [0.1, 0.15) is 5.76 Å². The van der Waals surface area contributed by atoms with Gasteiger partial charge >= 0.3 is 0 Å². The van der Waals surface area contributed by atoms with Crippen LogP contribution in [0.25, 0.3) is 11.6 Å². The number of fused-ring (bicyclic) bond motifs is 1. The largest absolute Gasteiger partial charge is 0.440 e. The van der Waals surface area contributed by atoms with Gasteiger partial charge in [0, 0.05) is 36.8 Å². The summed E-state index contributed by atoms with van der Waals surface area (Å²) in [4.78, 5) is 18.9. The fourth-order valence-electron chi connectivity index (χ4n) is 3.17. The molecule has 24 heavy (non-hydrogen) atoms. The number of aryl methyl sites for hydroxylation is 2. The first kappa shape index (κ1) is 14.7. The van der Waals surface area contributed by atoms with Crippen molar-refractivity contribution in [2.45, 2.75) is 19.9 Å². The molecule has 6 nitrogen and oxygen atoms in total. The summed E-state index contributed by atoms with van der Waals surface area (Å²) in [5.74, 6) is 1.30. The molecule has 0 bridgehead atoms. The monoisotopic (exact) mass is 322 g/mol. The molecule has 0 saturated heterocycles. The van der Waals surface area contributed by atoms with Crippen molar-refractivity contribution in [1.82, 2.24) is 19.7 Å². The van der Waals surface area contributed by atoms with Gasteiger partial charge in [-0.1, -0.05) is 18.2 Å². The number of oxazole rings is 1. The molecule has 1 amide bonds. The number of nitrogens with zero attached hydrogens (tertiary/aromatic N) is 4. The zero-order chi connectivity index (χ0) is 16.7. The second kappa shape index (κ2) is 5.63. The Balaban J connectivity index is 1.68. The first-order valence-electron chi connectivity index (χ1n) is 7.95. The van der Waals surface area contributed by atoms with E-state index in [0.29, 0.717) is 24.5 Å². The number of carbonyl (C=O) groups is 1. The van der Waals surface area contributed by atoms with Crippen molar-refractivity contribution in [2.24, 2.45) is 7.05 Å². The van der Waals surface area contributed by atoms with Crippen LogP contribution in [0.2, 0.25) is 0 Å². The summed E-state index contributed by atoms with van der Waals surface area (Å²) in [6, 6.07) is 9.37. The lowest BCUT2D eigenvalue weighted by Crippen LogP contribution is -2.36. The minimum Gasteiger partial charge on any atom is -0.440 e. The molecule has 0 saturated carbocycles. The van der Waals surface area contributed by atoms with E-state index in [2.05, 4.69) is 10.1 Å². The van der Waals surface area contributed by atoms with Crippen molar-refractivity contribution in [1.29, 1.82) is 0 Å². The van der Waals surface area contributed by atoms with E-state index >= 15 is 0 Å². The summed E-state index contributed by atoms with van der Waals surface area (Å²) in [5, 5.41) is 4.56. The van der Waals surface area contributed by atoms with Crippen molar-refractivity contribution in [3.63, 3.8) is 0 Å². The van der Waals surface area contributed by atoms with E-state index in [1.807, 2.05) is 53.9 Å². The molecule has 0 N–H and O–H groups in total. The van der Waals surface area contributed by atoms with Crippen molar-refractivity contribution in [3.8, 4) is 11.6 Å². The average Bonchev–Trinajstić information content (AvgIpc) is 3.18. The standard InChI is InChI=1S/C18H18N4O2/c1-12-10-19-17(24-12)16-14-11-22(9-8-15(14)21(2)20-16)18(23)13-6-4-3-5-7-13/h3-7,10H,8-9,11H2,1-2H3. The van der Waals surface area contributed by atoms with Crippen LogP contribution in [-0.2, 0) is 20.0 Å². The third-order valence-electron chi connectivity index (χ3n) is 4.37. The topological polar surface area (TPSA) is 64.2 Å². The highest BCUT2D eigenvalue weighted by Gasteiger charge is 2.29. The molecule has 1 aliphatic heterocycles. The van der Waals surface area contributed by atoms with Gasteiger partial charge in [0.25, 0.3) is 5.91 Å². The van der Waals surface area contributed by atoms with Crippen LogP contribution in [0.5, 0.6) is 0 Å². The lowest BCUT2D eigenvalue weighted by atomic mass is 10.0. The molecule has 0 aliphatic carbocycles. The molecule has 0 radical (unpaired) electrons. The number of hydrogen-bond donors (Lipinski definition) is 0. The highest BCUT2D eigenvalue weighted by molar-refractivity contribution is 5.94. The first-order chi connectivity index (χ1) is 11.6. The minimum absolute atomic E-state index is 0.0413. The third-order valence-corrected chi connectivity index (χ3v) is 4.37. The normalized spacial score (nSPS) is 13.8. The van der Waals surface area contributed by atoms with Crippen molar-refractivity contribution >= 4 is 5.91 Å². The van der Waals surface area contributed by atoms with E-state index in [0.717, 1.165) is 29.1 Å². The first-order valence-corrected chi connectivity index (χ1v) is 7.95. The van der Waals surface area contributed by atoms with Crippen molar-refractivity contribution < 1.29 is 9.21 Å². The third kappa shape index (κ3) is 2.40. The smallest absolute Gasteiger partial charge is 0.254 e. The van der Waals surface area contributed by atoms with E-state index in [1.54, 1.807) is 6.20 Å². The highest BCUT2D eigenvalue weighted by Crippen LogP contribution is 2.29. The number of amides is 1. The number of carbonyl (C=O) groups excluding carboxylic acids is 1. The second-order valence-corrected chi connectivity index (χ2v) is 6.02. The van der Waals surface area contributed by atoms with E-state index < -0.39 is 0 Å². The van der Waals surface area contributed by atoms with Gasteiger partial charge in [-0.05, 0) is 19.1 Å². The molecule has 0 atom stereocenters. The fraction of sp³-hybridized carbons (Fsp3) is 0.278. The lowest BCUT2D eigenvalue weighted by Gasteiger charge is -2.27. The van der Waals surface area contributed by atoms with Gasteiger partial charge in [0.05, 0.1) is 12.7 Å². The van der Waals surface area contributed by atoms with Crippen LogP contribution >= 0.6 is 0 Å². The zero-order valence-corrected chi connectivity index (χ0v) is 13.7. The summed E-state index contributed by atoms with van der Waals surface area (Å²) in [6.45, 7) is 3.06. The number of hydrogen-bond acceptors (Lipinski definition) is 4. The predicted molar refractivity (Wildman–Crippen MR) is 88.3 cm³/mol. The van der Waals surface area contributed by atoms with Gasteiger partial charge in [0.15, 0.2) is 5.69 Å². The summed E-state index contributed by atoms with van der Waals surface area (Å²) < 4.78 is 7.51. The Hall–Kier alpha value is -2.89. The van der Waals surface area contributed by atoms with Gasteiger partial charge in [0.2, 0.25) is 5.89 Å². The van der Waals surface area contributed by atoms with E-state index in [-0.39, 0.29) is 5.91 Å². The van der Waals surface area contributed by atoms with Gasteiger partial charge in [-0.15, -0.1) is 0 Å². The van der Waals surface area contributed by atoms with E-state index in [1.165, 1.54) is 0 Å². The Morgan fingerprint density at radius 2 is 2.04 bits per heavy atom. The average molecular weight is 322 g/mol. The molecular formula is C18H18N4O2. The van der Waals surface area contributed by atoms with Crippen LogP contribution in [0.4, 0.5) is 0 Å². The summed E-state index contributed by atoms with van der Waals surface area (Å²) in [6.07, 6.45) is 2.46. The number of benzene rings is 1. The molecule has 0 fully saturated rings. The van der Waals surface area contributed by atoms with E-state index in [4.69, 9.17) is 4.42 Å². The molecule has 122 valence electrons. The second-order valence-electron chi connectivity index (χ2n) is 6.02. The van der Waals surface area contributed by atoms with E-state index in [9.17, 15) is 4.79 Å². The SMILES string of the molecule is Cc1cnc(-c2nn(C)c3c2CN(C(=O)c2ccccc2)CC3)o1. The van der Waals surface area contributed by atoms with Crippen LogP contribution < -0.4 is 0 Å². The Bertz CT molecular complexity index is 895. The minimum atomic E-state index is 0.0413. The van der Waals surface area contributed by atoms with Crippen LogP contribution in [0.3, 0.4) is 0 Å². The molecule has 3 aromatic rings. The van der Waals surface area contributed by atoms with Gasteiger partial charge < -0.3 is 9.32 Å². The van der Waals surface area contributed by atoms with Crippen molar-refractivity contribution in [2.75, 3.05) is 6.54 Å². The van der Waals surface area contributed by atoms with Crippen LogP contribution in [-0.4, -0.2) is 32.1 Å². The molecule has 4 rings (SSSR count). The molecule has 0 spiro atoms. The molecule has 6 heteroatoms. The van der Waals surface area contributed by atoms with Gasteiger partial charge in [-0.25, -0.2) is 4.98 Å². The molecule has 0 unspecified atom stereocenters. The predicted octanol–water partition coefficient (Wildman–Crippen LogP) is 2.58. The van der Waals surface area contributed by atoms with Crippen LogP contribution in [0, 0.1) is 6.92 Å².